The number of benzene rings is 1. The van der Waals surface area contributed by atoms with E-state index in [2.05, 4.69) is 4.98 Å². The van der Waals surface area contributed by atoms with Crippen molar-refractivity contribution in [3.8, 4) is 17.3 Å². The van der Waals surface area contributed by atoms with Crippen LogP contribution in [-0.4, -0.2) is 16.5 Å². The second-order valence-corrected chi connectivity index (χ2v) is 5.86. The van der Waals surface area contributed by atoms with Gasteiger partial charge in [-0.15, -0.1) is 0 Å². The number of alkyl halides is 3. The highest BCUT2D eigenvalue weighted by molar-refractivity contribution is 8.00. The molecule has 1 aromatic carbocycles. The van der Waals surface area contributed by atoms with Gasteiger partial charge >= 0.3 is 6.18 Å². The summed E-state index contributed by atoms with van der Waals surface area (Å²) in [6, 6.07) is 10.9. The van der Waals surface area contributed by atoms with E-state index in [1.807, 2.05) is 0 Å². The lowest BCUT2D eigenvalue weighted by Gasteiger charge is -2.14. The second-order valence-electron chi connectivity index (χ2n) is 4.89. The quantitative estimate of drug-likeness (QED) is 0.733. The summed E-state index contributed by atoms with van der Waals surface area (Å²) in [5.41, 5.74) is -0.953. The average Bonchev–Trinajstić information content (AvgIpc) is 2.58. The minimum absolute atomic E-state index is 0.0201. The molecule has 0 bridgehead atoms. The van der Waals surface area contributed by atoms with E-state index in [0.717, 1.165) is 17.8 Å². The van der Waals surface area contributed by atoms with Gasteiger partial charge in [0.2, 0.25) is 0 Å². The van der Waals surface area contributed by atoms with Gasteiger partial charge in [-0.2, -0.15) is 18.4 Å². The molecule has 124 valence electrons. The maximum Gasteiger partial charge on any atom is 0.417 e. The van der Waals surface area contributed by atoms with Crippen molar-refractivity contribution in [3.05, 3.63) is 47.5 Å². The molecule has 0 fully saturated rings. The lowest BCUT2D eigenvalue weighted by Crippen LogP contribution is -2.11. The maximum absolute atomic E-state index is 13.3. The number of rotatable bonds is 5. The Morgan fingerprint density at radius 1 is 1.29 bits per heavy atom. The fourth-order valence-electron chi connectivity index (χ4n) is 1.97. The topological polar surface area (TPSA) is 53.8 Å². The predicted molar refractivity (Wildman–Crippen MR) is 85.4 cm³/mol. The number of nitrogens with zero attached hydrogens (tertiary/aromatic N) is 2. The van der Waals surface area contributed by atoms with Crippen molar-refractivity contribution in [2.24, 2.45) is 0 Å². The summed E-state index contributed by atoms with van der Waals surface area (Å²) in [5, 5.41) is 9.08. The van der Waals surface area contributed by atoms with Gasteiger partial charge in [-0.3, -0.25) is 4.79 Å². The Hall–Kier alpha value is -2.33. The minimum Gasteiger partial charge on any atom is -0.299 e. The molecule has 0 aliphatic rings. The van der Waals surface area contributed by atoms with Gasteiger partial charge in [0.15, 0.2) is 0 Å². The minimum atomic E-state index is -4.68. The molecule has 0 amide bonds. The maximum atomic E-state index is 13.3. The van der Waals surface area contributed by atoms with Crippen molar-refractivity contribution in [1.82, 2.24) is 4.98 Å². The van der Waals surface area contributed by atoms with Gasteiger partial charge in [-0.1, -0.05) is 49.0 Å². The third kappa shape index (κ3) is 4.15. The van der Waals surface area contributed by atoms with Crippen LogP contribution in [-0.2, 0) is 11.0 Å². The summed E-state index contributed by atoms with van der Waals surface area (Å²) in [6.45, 7) is 1.67. The highest BCUT2D eigenvalue weighted by Crippen LogP contribution is 2.37. The van der Waals surface area contributed by atoms with Crippen LogP contribution < -0.4 is 0 Å². The number of aromatic nitrogens is 1. The van der Waals surface area contributed by atoms with Crippen LogP contribution in [0.3, 0.4) is 0 Å². The molecular weight excluding hydrogens is 337 g/mol. The third-order valence-corrected chi connectivity index (χ3v) is 4.27. The number of hydrogen-bond donors (Lipinski definition) is 0. The van der Waals surface area contributed by atoms with E-state index in [1.54, 1.807) is 43.3 Å². The first-order valence-electron chi connectivity index (χ1n) is 7.09. The number of nitriles is 1. The normalized spacial score (nSPS) is 11.1. The summed E-state index contributed by atoms with van der Waals surface area (Å²) in [5.74, 6) is -0.141. The van der Waals surface area contributed by atoms with E-state index in [1.165, 1.54) is 0 Å². The summed E-state index contributed by atoms with van der Waals surface area (Å²) >= 11 is 0.860. The van der Waals surface area contributed by atoms with E-state index in [9.17, 15) is 18.0 Å². The molecule has 0 N–H and O–H groups in total. The van der Waals surface area contributed by atoms with Crippen LogP contribution in [0.15, 0.2) is 41.4 Å². The number of Topliss-reactive ketones (excluding diaryl/α,β-unsaturated/α-hetero) is 1. The van der Waals surface area contributed by atoms with Crippen LogP contribution in [0.4, 0.5) is 13.2 Å². The monoisotopic (exact) mass is 350 g/mol. The fraction of sp³-hybridized carbons (Fsp3) is 0.235. The number of halogens is 3. The molecule has 0 saturated carbocycles. The van der Waals surface area contributed by atoms with E-state index >= 15 is 0 Å². The highest BCUT2D eigenvalue weighted by atomic mass is 32.2. The summed E-state index contributed by atoms with van der Waals surface area (Å²) < 4.78 is 40.0. The Morgan fingerprint density at radius 2 is 1.96 bits per heavy atom. The molecule has 0 aliphatic carbocycles. The third-order valence-electron chi connectivity index (χ3n) is 3.24. The Kier molecular flexibility index (Phi) is 5.62. The Morgan fingerprint density at radius 3 is 2.50 bits per heavy atom. The van der Waals surface area contributed by atoms with Gasteiger partial charge in [0.25, 0.3) is 0 Å². The summed E-state index contributed by atoms with van der Waals surface area (Å²) in [6.07, 6.45) is -4.40. The van der Waals surface area contributed by atoms with Gasteiger partial charge in [-0.25, -0.2) is 4.98 Å². The first kappa shape index (κ1) is 18.0. The van der Waals surface area contributed by atoms with Crippen LogP contribution in [0.5, 0.6) is 0 Å². The summed E-state index contributed by atoms with van der Waals surface area (Å²) in [4.78, 5) is 15.7. The largest absolute Gasteiger partial charge is 0.417 e. The van der Waals surface area contributed by atoms with E-state index in [0.29, 0.717) is 5.56 Å². The molecular formula is C17H13F3N2OS. The summed E-state index contributed by atoms with van der Waals surface area (Å²) in [7, 11) is 0. The van der Waals surface area contributed by atoms with Crippen molar-refractivity contribution in [2.45, 2.75) is 24.5 Å². The number of thioether (sulfide) groups is 1. The standard InChI is InChI=1S/C17H13F3N2OS/c1-2-12(23)10-24-16-13(9-21)14(17(18,19)20)8-15(22-16)11-6-4-3-5-7-11/h3-8H,2,10H2,1H3. The SMILES string of the molecule is CCC(=O)CSc1nc(-c2ccccc2)cc(C(F)(F)F)c1C#N. The molecule has 0 radical (unpaired) electrons. The zero-order valence-electron chi connectivity index (χ0n) is 12.7. The fourth-order valence-corrected chi connectivity index (χ4v) is 2.93. The molecule has 0 saturated heterocycles. The number of carbonyl (C=O) groups is 1. The van der Waals surface area contributed by atoms with Crippen molar-refractivity contribution >= 4 is 17.5 Å². The molecule has 0 atom stereocenters. The number of ketones is 1. The Bertz CT molecular complexity index is 783. The van der Waals surface area contributed by atoms with Gasteiger partial charge < -0.3 is 0 Å². The molecule has 2 rings (SSSR count). The van der Waals surface area contributed by atoms with Gasteiger partial charge in [-0.05, 0) is 6.07 Å². The van der Waals surface area contributed by atoms with Crippen molar-refractivity contribution < 1.29 is 18.0 Å². The molecule has 3 nitrogen and oxygen atoms in total. The van der Waals surface area contributed by atoms with Gasteiger partial charge in [0.05, 0.1) is 22.6 Å². The zero-order chi connectivity index (χ0) is 17.7. The Labute approximate surface area is 141 Å². The molecule has 1 aromatic heterocycles. The van der Waals surface area contributed by atoms with E-state index in [4.69, 9.17) is 5.26 Å². The van der Waals surface area contributed by atoms with Gasteiger partial charge in [0, 0.05) is 12.0 Å². The van der Waals surface area contributed by atoms with Gasteiger partial charge in [0.1, 0.15) is 16.9 Å². The Balaban J connectivity index is 2.59. The van der Waals surface area contributed by atoms with Crippen LogP contribution in [0, 0.1) is 11.3 Å². The smallest absolute Gasteiger partial charge is 0.299 e. The molecule has 2 aromatic rings. The molecule has 0 spiro atoms. The van der Waals surface area contributed by atoms with Crippen LogP contribution in [0.2, 0.25) is 0 Å². The lowest BCUT2D eigenvalue weighted by atomic mass is 10.1. The zero-order valence-corrected chi connectivity index (χ0v) is 13.5. The highest BCUT2D eigenvalue weighted by Gasteiger charge is 2.36. The first-order chi connectivity index (χ1) is 11.4. The lowest BCUT2D eigenvalue weighted by molar-refractivity contribution is -0.138. The van der Waals surface area contributed by atoms with E-state index < -0.39 is 17.3 Å². The van der Waals surface area contributed by atoms with Crippen LogP contribution in [0.1, 0.15) is 24.5 Å². The second kappa shape index (κ2) is 7.49. The number of pyridine rings is 1. The number of carbonyl (C=O) groups excluding carboxylic acids is 1. The van der Waals surface area contributed by atoms with E-state index in [-0.39, 0.29) is 28.7 Å². The van der Waals surface area contributed by atoms with Crippen LogP contribution >= 0.6 is 11.8 Å². The van der Waals surface area contributed by atoms with Crippen LogP contribution in [0.25, 0.3) is 11.3 Å². The van der Waals surface area contributed by atoms with Crippen molar-refractivity contribution in [2.75, 3.05) is 5.75 Å². The molecule has 0 unspecified atom stereocenters. The van der Waals surface area contributed by atoms with Crippen molar-refractivity contribution in [1.29, 1.82) is 5.26 Å². The average molecular weight is 350 g/mol. The first-order valence-corrected chi connectivity index (χ1v) is 8.07. The molecule has 7 heteroatoms. The van der Waals surface area contributed by atoms with Crippen molar-refractivity contribution in [3.63, 3.8) is 0 Å². The molecule has 0 aliphatic heterocycles. The number of hydrogen-bond acceptors (Lipinski definition) is 4. The molecule has 1 heterocycles. The predicted octanol–water partition coefficient (Wildman–Crippen LogP) is 4.71. The molecule has 24 heavy (non-hydrogen) atoms.